The second-order valence-corrected chi connectivity index (χ2v) is 5.66. The molecule has 0 spiro atoms. The fourth-order valence-corrected chi connectivity index (χ4v) is 2.62. The third kappa shape index (κ3) is 4.34. The lowest BCUT2D eigenvalue weighted by Gasteiger charge is -2.12. The predicted molar refractivity (Wildman–Crippen MR) is 104 cm³/mol. The minimum atomic E-state index is -0.563. The van der Waals surface area contributed by atoms with E-state index in [1.54, 1.807) is 26.4 Å². The van der Waals surface area contributed by atoms with Crippen molar-refractivity contribution in [2.75, 3.05) is 39.8 Å². The highest BCUT2D eigenvalue weighted by Crippen LogP contribution is 2.33. The molecule has 11 heteroatoms. The molecule has 11 nitrogen and oxygen atoms in total. The molecule has 0 radical (unpaired) electrons. The van der Waals surface area contributed by atoms with E-state index in [9.17, 15) is 10.1 Å². The van der Waals surface area contributed by atoms with Crippen LogP contribution in [0.4, 0.5) is 11.5 Å². The summed E-state index contributed by atoms with van der Waals surface area (Å²) in [6.07, 6.45) is 1.42. The summed E-state index contributed by atoms with van der Waals surface area (Å²) >= 11 is 0. The van der Waals surface area contributed by atoms with Crippen molar-refractivity contribution in [2.45, 2.75) is 0 Å². The number of anilines is 1. The number of rotatable bonds is 9. The molecule has 29 heavy (non-hydrogen) atoms. The highest BCUT2D eigenvalue weighted by atomic mass is 16.6. The molecule has 0 fully saturated rings. The molecule has 3 rings (SSSR count). The summed E-state index contributed by atoms with van der Waals surface area (Å²) in [7, 11) is 4.51. The van der Waals surface area contributed by atoms with Gasteiger partial charge >= 0.3 is 5.69 Å². The van der Waals surface area contributed by atoms with Crippen molar-refractivity contribution in [1.82, 2.24) is 15.0 Å². The van der Waals surface area contributed by atoms with E-state index >= 15 is 0 Å². The van der Waals surface area contributed by atoms with Crippen LogP contribution in [0, 0.1) is 10.1 Å². The number of hydrogen-bond acceptors (Lipinski definition) is 10. The molecule has 2 aromatic heterocycles. The van der Waals surface area contributed by atoms with Gasteiger partial charge in [-0.25, -0.2) is 9.97 Å². The number of pyridine rings is 1. The van der Waals surface area contributed by atoms with Gasteiger partial charge in [0.1, 0.15) is 18.8 Å². The van der Waals surface area contributed by atoms with Crippen LogP contribution in [0.25, 0.3) is 10.9 Å². The Bertz CT molecular complexity index is 1030. The highest BCUT2D eigenvalue weighted by Gasteiger charge is 2.18. The molecule has 1 aromatic carbocycles. The van der Waals surface area contributed by atoms with E-state index in [-0.39, 0.29) is 24.1 Å². The minimum Gasteiger partial charge on any atom is -0.493 e. The molecule has 0 saturated heterocycles. The average molecular weight is 401 g/mol. The maximum atomic E-state index is 11.1. The van der Waals surface area contributed by atoms with Crippen molar-refractivity contribution in [2.24, 2.45) is 0 Å². The molecule has 0 bridgehead atoms. The smallest absolute Gasteiger partial charge is 0.331 e. The van der Waals surface area contributed by atoms with Crippen molar-refractivity contribution in [3.63, 3.8) is 0 Å². The van der Waals surface area contributed by atoms with Crippen LogP contribution in [0.15, 0.2) is 30.6 Å². The van der Waals surface area contributed by atoms with Crippen molar-refractivity contribution < 1.29 is 23.9 Å². The van der Waals surface area contributed by atoms with E-state index in [0.29, 0.717) is 29.4 Å². The number of nitrogens with one attached hydrogen (secondary N) is 1. The van der Waals surface area contributed by atoms with Gasteiger partial charge in [0.05, 0.1) is 38.3 Å². The molecular weight excluding hydrogens is 382 g/mol. The van der Waals surface area contributed by atoms with Gasteiger partial charge in [-0.05, 0) is 6.07 Å². The van der Waals surface area contributed by atoms with Crippen LogP contribution in [-0.4, -0.2) is 54.4 Å². The zero-order valence-corrected chi connectivity index (χ0v) is 16.0. The number of aromatic nitrogens is 3. The summed E-state index contributed by atoms with van der Waals surface area (Å²) in [5.41, 5.74) is 0.432. The monoisotopic (exact) mass is 401 g/mol. The standard InChI is InChI=1S/C18H19N5O6/c1-26-14-8-11-12(9-15(14)27-2)20-10-21-17(11)19-6-7-29-18-13(23(24)25)4-5-16(22-18)28-3/h4-5,8-10H,6-7H2,1-3H3,(H,19,20,21). The van der Waals surface area contributed by atoms with Crippen molar-refractivity contribution in [3.8, 4) is 23.3 Å². The van der Waals surface area contributed by atoms with Crippen LogP contribution >= 0.6 is 0 Å². The summed E-state index contributed by atoms with van der Waals surface area (Å²) in [6.45, 7) is 0.427. The van der Waals surface area contributed by atoms with Gasteiger partial charge in [-0.3, -0.25) is 10.1 Å². The summed E-state index contributed by atoms with van der Waals surface area (Å²) in [5, 5.41) is 15.0. The molecule has 1 N–H and O–H groups in total. The van der Waals surface area contributed by atoms with Gasteiger partial charge in [0, 0.05) is 23.6 Å². The van der Waals surface area contributed by atoms with Crippen LogP contribution in [0.1, 0.15) is 0 Å². The Balaban J connectivity index is 1.73. The van der Waals surface area contributed by atoms with E-state index < -0.39 is 4.92 Å². The SMILES string of the molecule is COc1ccc([N+](=O)[O-])c(OCCNc2ncnc3cc(OC)c(OC)cc23)n1. The first-order valence-corrected chi connectivity index (χ1v) is 8.50. The van der Waals surface area contributed by atoms with Crippen LogP contribution < -0.4 is 24.3 Å². The topological polar surface area (TPSA) is 131 Å². The second kappa shape index (κ2) is 8.87. The Morgan fingerprint density at radius 1 is 1.07 bits per heavy atom. The summed E-state index contributed by atoms with van der Waals surface area (Å²) in [5.74, 6) is 1.78. The number of ether oxygens (including phenoxy) is 4. The average Bonchev–Trinajstić information content (AvgIpc) is 2.75. The number of benzene rings is 1. The summed E-state index contributed by atoms with van der Waals surface area (Å²) in [4.78, 5) is 23.0. The Labute approximate surface area is 165 Å². The van der Waals surface area contributed by atoms with E-state index in [0.717, 1.165) is 5.39 Å². The van der Waals surface area contributed by atoms with Gasteiger partial charge in [-0.1, -0.05) is 0 Å². The molecule has 0 aliphatic heterocycles. The summed E-state index contributed by atoms with van der Waals surface area (Å²) in [6, 6.07) is 6.21. The third-order valence-electron chi connectivity index (χ3n) is 3.99. The Morgan fingerprint density at radius 2 is 1.83 bits per heavy atom. The van der Waals surface area contributed by atoms with Crippen LogP contribution in [0.3, 0.4) is 0 Å². The fraction of sp³-hybridized carbons (Fsp3) is 0.278. The maximum absolute atomic E-state index is 11.1. The summed E-state index contributed by atoms with van der Waals surface area (Å²) < 4.78 is 21.1. The lowest BCUT2D eigenvalue weighted by atomic mass is 10.2. The van der Waals surface area contributed by atoms with E-state index in [1.165, 1.54) is 25.6 Å². The largest absolute Gasteiger partial charge is 0.493 e. The first kappa shape index (κ1) is 19.9. The molecule has 2 heterocycles. The fourth-order valence-electron chi connectivity index (χ4n) is 2.62. The molecule has 3 aromatic rings. The van der Waals surface area contributed by atoms with Gasteiger partial charge in [0.25, 0.3) is 5.88 Å². The molecule has 0 amide bonds. The van der Waals surface area contributed by atoms with E-state index in [2.05, 4.69) is 20.3 Å². The van der Waals surface area contributed by atoms with Crippen LogP contribution in [-0.2, 0) is 0 Å². The van der Waals surface area contributed by atoms with Gasteiger partial charge in [-0.2, -0.15) is 4.98 Å². The van der Waals surface area contributed by atoms with Crippen molar-refractivity contribution in [1.29, 1.82) is 0 Å². The molecular formula is C18H19N5O6. The number of nitro groups is 1. The zero-order chi connectivity index (χ0) is 20.8. The Hall–Kier alpha value is -3.89. The van der Waals surface area contributed by atoms with E-state index in [1.807, 2.05) is 0 Å². The van der Waals surface area contributed by atoms with E-state index in [4.69, 9.17) is 18.9 Å². The molecule has 0 unspecified atom stereocenters. The van der Waals surface area contributed by atoms with Gasteiger partial charge in [0.15, 0.2) is 11.5 Å². The van der Waals surface area contributed by atoms with Crippen molar-refractivity contribution in [3.05, 3.63) is 40.7 Å². The molecule has 0 aliphatic carbocycles. The number of methoxy groups -OCH3 is 3. The van der Waals surface area contributed by atoms with Gasteiger partial charge < -0.3 is 24.3 Å². The van der Waals surface area contributed by atoms with Gasteiger partial charge in [-0.15, -0.1) is 0 Å². The lowest BCUT2D eigenvalue weighted by Crippen LogP contribution is -2.14. The highest BCUT2D eigenvalue weighted by molar-refractivity contribution is 5.91. The number of fused-ring (bicyclic) bond motifs is 1. The zero-order valence-electron chi connectivity index (χ0n) is 16.0. The third-order valence-corrected chi connectivity index (χ3v) is 3.99. The quantitative estimate of drug-likeness (QED) is 0.324. The number of nitrogens with zero attached hydrogens (tertiary/aromatic N) is 4. The van der Waals surface area contributed by atoms with Crippen LogP contribution in [0.2, 0.25) is 0 Å². The van der Waals surface area contributed by atoms with Crippen molar-refractivity contribution >= 4 is 22.4 Å². The second-order valence-electron chi connectivity index (χ2n) is 5.66. The van der Waals surface area contributed by atoms with Gasteiger partial charge in [0.2, 0.25) is 5.88 Å². The Kier molecular flexibility index (Phi) is 6.07. The predicted octanol–water partition coefficient (Wildman–Crippen LogP) is 2.45. The molecule has 152 valence electrons. The van der Waals surface area contributed by atoms with Crippen LogP contribution in [0.5, 0.6) is 23.3 Å². The number of hydrogen-bond donors (Lipinski definition) is 1. The normalized spacial score (nSPS) is 10.4. The minimum absolute atomic E-state index is 0.111. The molecule has 0 saturated carbocycles. The molecule has 0 aliphatic rings. The first-order chi connectivity index (χ1) is 14.1. The lowest BCUT2D eigenvalue weighted by molar-refractivity contribution is -0.386. The molecule has 0 atom stereocenters. The Morgan fingerprint density at radius 3 is 2.52 bits per heavy atom. The maximum Gasteiger partial charge on any atom is 0.331 e. The first-order valence-electron chi connectivity index (χ1n) is 8.50.